The molecule has 0 bridgehead atoms. The van der Waals surface area contributed by atoms with Crippen molar-refractivity contribution in [2.75, 3.05) is 19.1 Å². The third-order valence-electron chi connectivity index (χ3n) is 5.98. The number of ether oxygens (including phenoxy) is 2. The minimum absolute atomic E-state index is 0.0248. The number of amides is 1. The molecule has 0 N–H and O–H groups in total. The van der Waals surface area contributed by atoms with Crippen LogP contribution in [0.2, 0.25) is 0 Å². The molecule has 0 saturated heterocycles. The van der Waals surface area contributed by atoms with E-state index in [1.807, 2.05) is 39.0 Å². The highest BCUT2D eigenvalue weighted by molar-refractivity contribution is 7.15. The second kappa shape index (κ2) is 7.74. The number of para-hydroxylation sites is 1. The first-order chi connectivity index (χ1) is 15.8. The van der Waals surface area contributed by atoms with Gasteiger partial charge >= 0.3 is 0 Å². The molecule has 1 atom stereocenters. The van der Waals surface area contributed by atoms with Crippen molar-refractivity contribution in [3.05, 3.63) is 79.6 Å². The van der Waals surface area contributed by atoms with Gasteiger partial charge < -0.3 is 13.9 Å². The minimum Gasteiger partial charge on any atom is -0.493 e. The summed E-state index contributed by atoms with van der Waals surface area (Å²) in [5, 5.41) is 0.928. The number of benzene rings is 2. The van der Waals surface area contributed by atoms with Gasteiger partial charge in [-0.25, -0.2) is 4.98 Å². The number of hydrogen-bond acceptors (Lipinski definition) is 7. The maximum atomic E-state index is 13.8. The number of methoxy groups -OCH3 is 2. The Labute approximate surface area is 194 Å². The molecular weight excluding hydrogens is 440 g/mol. The summed E-state index contributed by atoms with van der Waals surface area (Å²) < 4.78 is 17.2. The van der Waals surface area contributed by atoms with Crippen molar-refractivity contribution in [1.29, 1.82) is 0 Å². The van der Waals surface area contributed by atoms with Crippen LogP contribution in [-0.2, 0) is 0 Å². The first kappa shape index (κ1) is 21.2. The van der Waals surface area contributed by atoms with Crippen LogP contribution in [0.25, 0.3) is 11.0 Å². The number of aromatic nitrogens is 1. The predicted octanol–water partition coefficient (Wildman–Crippen LogP) is 4.94. The number of aryl methyl sites for hydroxylation is 3. The molecule has 8 heteroatoms. The quantitative estimate of drug-likeness (QED) is 0.427. The first-order valence-electron chi connectivity index (χ1n) is 10.4. The Balaban J connectivity index is 1.87. The lowest BCUT2D eigenvalue weighted by molar-refractivity contribution is 0.0970. The maximum Gasteiger partial charge on any atom is 0.297 e. The Morgan fingerprint density at radius 2 is 1.85 bits per heavy atom. The zero-order valence-electron chi connectivity index (χ0n) is 18.9. The van der Waals surface area contributed by atoms with Crippen LogP contribution in [0.1, 0.15) is 43.9 Å². The minimum atomic E-state index is -0.774. The van der Waals surface area contributed by atoms with E-state index in [1.54, 1.807) is 25.3 Å². The maximum absolute atomic E-state index is 13.8. The Kier molecular flexibility index (Phi) is 4.97. The molecule has 5 rings (SSSR count). The van der Waals surface area contributed by atoms with Gasteiger partial charge in [0.2, 0.25) is 5.76 Å². The first-order valence-corrected chi connectivity index (χ1v) is 11.2. The number of thiazole rings is 1. The fourth-order valence-corrected chi connectivity index (χ4v) is 5.20. The second-order valence-corrected chi connectivity index (χ2v) is 9.15. The molecule has 0 fully saturated rings. The van der Waals surface area contributed by atoms with E-state index in [0.717, 1.165) is 16.1 Å². The van der Waals surface area contributed by atoms with Gasteiger partial charge in [-0.1, -0.05) is 23.8 Å². The van der Waals surface area contributed by atoms with Crippen LogP contribution in [-0.4, -0.2) is 25.1 Å². The summed E-state index contributed by atoms with van der Waals surface area (Å²) in [6.07, 6.45) is 0. The molecule has 4 aromatic rings. The second-order valence-electron chi connectivity index (χ2n) is 7.97. The number of fused-ring (bicyclic) bond motifs is 2. The zero-order valence-corrected chi connectivity index (χ0v) is 19.7. The molecule has 168 valence electrons. The van der Waals surface area contributed by atoms with Crippen LogP contribution >= 0.6 is 11.3 Å². The van der Waals surface area contributed by atoms with Crippen molar-refractivity contribution in [1.82, 2.24) is 4.98 Å². The highest BCUT2D eigenvalue weighted by Gasteiger charge is 2.46. The Morgan fingerprint density at radius 3 is 2.52 bits per heavy atom. The van der Waals surface area contributed by atoms with E-state index in [-0.39, 0.29) is 16.8 Å². The number of rotatable bonds is 4. The average Bonchev–Trinajstić information content (AvgIpc) is 3.29. The highest BCUT2D eigenvalue weighted by Crippen LogP contribution is 2.47. The zero-order chi connectivity index (χ0) is 23.4. The third kappa shape index (κ3) is 3.13. The van der Waals surface area contributed by atoms with Crippen molar-refractivity contribution in [2.24, 2.45) is 0 Å². The number of nitrogens with zero attached hydrogens (tertiary/aromatic N) is 2. The molecule has 7 nitrogen and oxygen atoms in total. The van der Waals surface area contributed by atoms with Crippen molar-refractivity contribution >= 4 is 33.3 Å². The highest BCUT2D eigenvalue weighted by atomic mass is 32.1. The van der Waals surface area contributed by atoms with Gasteiger partial charge in [-0.3, -0.25) is 14.5 Å². The molecule has 33 heavy (non-hydrogen) atoms. The molecule has 2 aromatic carbocycles. The molecule has 1 amide bonds. The van der Waals surface area contributed by atoms with Gasteiger partial charge in [0.25, 0.3) is 5.91 Å². The van der Waals surface area contributed by atoms with Crippen LogP contribution in [0.15, 0.2) is 45.6 Å². The van der Waals surface area contributed by atoms with E-state index in [0.29, 0.717) is 33.2 Å². The molecule has 3 heterocycles. The van der Waals surface area contributed by atoms with Gasteiger partial charge in [-0.05, 0) is 39.0 Å². The number of hydrogen-bond donors (Lipinski definition) is 0. The summed E-state index contributed by atoms with van der Waals surface area (Å²) in [6, 6.07) is 9.99. The van der Waals surface area contributed by atoms with Crippen molar-refractivity contribution < 1.29 is 18.7 Å². The van der Waals surface area contributed by atoms with E-state index in [1.165, 1.54) is 23.3 Å². The molecule has 0 spiro atoms. The van der Waals surface area contributed by atoms with Gasteiger partial charge in [0.05, 0.1) is 30.9 Å². The molecule has 1 aliphatic heterocycles. The van der Waals surface area contributed by atoms with Crippen LogP contribution < -0.4 is 19.8 Å². The Bertz CT molecular complexity index is 1470. The SMILES string of the molecule is COc1cccc(C2c3c(oc4ccc(C)cc4c3=O)C(=O)N2c2nc(C)c(C)s2)c1OC. The van der Waals surface area contributed by atoms with E-state index >= 15 is 0 Å². The summed E-state index contributed by atoms with van der Waals surface area (Å²) in [5.74, 6) is 0.567. The summed E-state index contributed by atoms with van der Waals surface area (Å²) in [6.45, 7) is 5.75. The smallest absolute Gasteiger partial charge is 0.297 e. The summed E-state index contributed by atoms with van der Waals surface area (Å²) >= 11 is 1.40. The number of anilines is 1. The van der Waals surface area contributed by atoms with E-state index in [2.05, 4.69) is 4.98 Å². The molecule has 1 aliphatic rings. The van der Waals surface area contributed by atoms with E-state index < -0.39 is 11.9 Å². The van der Waals surface area contributed by atoms with Crippen LogP contribution in [0, 0.1) is 20.8 Å². The van der Waals surface area contributed by atoms with Gasteiger partial charge in [0.1, 0.15) is 11.6 Å². The van der Waals surface area contributed by atoms with Crippen molar-refractivity contribution in [3.63, 3.8) is 0 Å². The number of carbonyl (C=O) groups is 1. The van der Waals surface area contributed by atoms with Crippen molar-refractivity contribution in [3.8, 4) is 11.5 Å². The number of carbonyl (C=O) groups excluding carboxylic acids is 1. The van der Waals surface area contributed by atoms with E-state index in [9.17, 15) is 9.59 Å². The fourth-order valence-electron chi connectivity index (χ4n) is 4.26. The molecule has 0 radical (unpaired) electrons. The van der Waals surface area contributed by atoms with Gasteiger partial charge in [0.15, 0.2) is 22.1 Å². The monoisotopic (exact) mass is 462 g/mol. The standard InChI is InChI=1S/C25H22N2O5S/c1-12-9-10-17-16(11-12)21(28)19-20(15-7-6-8-18(30-4)22(15)31-5)27(24(29)23(19)32-17)25-26-13(2)14(3)33-25/h6-11,20H,1-5H3. The van der Waals surface area contributed by atoms with Gasteiger partial charge in [-0.2, -0.15) is 0 Å². The molecule has 1 unspecified atom stereocenters. The Morgan fingerprint density at radius 1 is 1.06 bits per heavy atom. The summed E-state index contributed by atoms with van der Waals surface area (Å²) in [5.41, 5.74) is 2.78. The predicted molar refractivity (Wildman–Crippen MR) is 127 cm³/mol. The average molecular weight is 463 g/mol. The largest absolute Gasteiger partial charge is 0.493 e. The lowest BCUT2D eigenvalue weighted by Crippen LogP contribution is -2.29. The lowest BCUT2D eigenvalue weighted by atomic mass is 9.97. The van der Waals surface area contributed by atoms with Gasteiger partial charge in [-0.15, -0.1) is 11.3 Å². The van der Waals surface area contributed by atoms with Crippen molar-refractivity contribution in [2.45, 2.75) is 26.8 Å². The van der Waals surface area contributed by atoms with E-state index in [4.69, 9.17) is 13.9 Å². The fraction of sp³-hybridized carbons (Fsp3) is 0.240. The Hall–Kier alpha value is -3.65. The topological polar surface area (TPSA) is 81.9 Å². The van der Waals surface area contributed by atoms with Crippen LogP contribution in [0.3, 0.4) is 0 Å². The summed E-state index contributed by atoms with van der Waals surface area (Å²) in [4.78, 5) is 34.6. The molecule has 0 aliphatic carbocycles. The van der Waals surface area contributed by atoms with Crippen LogP contribution in [0.5, 0.6) is 11.5 Å². The lowest BCUT2D eigenvalue weighted by Gasteiger charge is -2.25. The van der Waals surface area contributed by atoms with Gasteiger partial charge in [0, 0.05) is 10.4 Å². The molecule has 2 aromatic heterocycles. The normalized spacial score (nSPS) is 15.2. The van der Waals surface area contributed by atoms with Crippen LogP contribution in [0.4, 0.5) is 5.13 Å². The molecule has 0 saturated carbocycles. The third-order valence-corrected chi connectivity index (χ3v) is 7.05. The molecular formula is C25H22N2O5S. The summed E-state index contributed by atoms with van der Waals surface area (Å²) in [7, 11) is 3.08.